The highest BCUT2D eigenvalue weighted by Gasteiger charge is 1.83. The van der Waals surface area contributed by atoms with Crippen LogP contribution in [-0.2, 0) is 0 Å². The first-order valence-corrected chi connectivity index (χ1v) is 2.33. The van der Waals surface area contributed by atoms with E-state index in [0.29, 0.717) is 5.82 Å². The molecule has 2 N–H and O–H groups in total. The molecule has 1 rings (SSSR count). The molecule has 0 unspecified atom stereocenters. The van der Waals surface area contributed by atoms with Crippen LogP contribution < -0.4 is 5.73 Å². The predicted molar refractivity (Wildman–Crippen MR) is 41.6 cm³/mol. The van der Waals surface area contributed by atoms with Crippen molar-refractivity contribution in [3.63, 3.8) is 0 Å². The Kier molecular flexibility index (Phi) is 3.01. The Hall–Kier alpha value is -0.770. The van der Waals surface area contributed by atoms with Gasteiger partial charge in [-0.3, -0.25) is 4.98 Å². The minimum atomic E-state index is 0. The van der Waals surface area contributed by atoms with E-state index in [9.17, 15) is 0 Å². The van der Waals surface area contributed by atoms with Gasteiger partial charge in [0.2, 0.25) is 0 Å². The van der Waals surface area contributed by atoms with E-state index < -0.39 is 0 Å². The maximum atomic E-state index is 5.25. The minimum absolute atomic E-state index is 0. The van der Waals surface area contributed by atoms with Crippen molar-refractivity contribution in [1.29, 1.82) is 0 Å². The SMILES string of the molecule is Cc1cnc(N)cn1.S. The molecular weight excluding hydrogens is 134 g/mol. The predicted octanol–water partition coefficient (Wildman–Crippen LogP) is 0.480. The molecule has 0 fully saturated rings. The lowest BCUT2D eigenvalue weighted by Crippen LogP contribution is -1.90. The third kappa shape index (κ3) is 2.32. The lowest BCUT2D eigenvalue weighted by atomic mass is 10.5. The average Bonchev–Trinajstić information content (AvgIpc) is 1.77. The Bertz CT molecular complexity index is 151. The van der Waals surface area contributed by atoms with Gasteiger partial charge in [-0.15, -0.1) is 0 Å². The molecule has 0 radical (unpaired) electrons. The van der Waals surface area contributed by atoms with E-state index in [2.05, 4.69) is 9.97 Å². The summed E-state index contributed by atoms with van der Waals surface area (Å²) in [5.74, 6) is 0.468. The van der Waals surface area contributed by atoms with Crippen molar-refractivity contribution in [1.82, 2.24) is 9.97 Å². The molecule has 0 bridgehead atoms. The highest BCUT2D eigenvalue weighted by atomic mass is 32.1. The molecule has 0 aliphatic heterocycles. The van der Waals surface area contributed by atoms with Gasteiger partial charge in [0.05, 0.1) is 18.1 Å². The molecule has 0 saturated carbocycles. The van der Waals surface area contributed by atoms with E-state index in [1.54, 1.807) is 6.20 Å². The number of hydrogen-bond acceptors (Lipinski definition) is 3. The zero-order valence-electron chi connectivity index (χ0n) is 5.13. The monoisotopic (exact) mass is 143 g/mol. The van der Waals surface area contributed by atoms with Gasteiger partial charge in [-0.05, 0) is 6.92 Å². The van der Waals surface area contributed by atoms with Crippen molar-refractivity contribution >= 4 is 19.3 Å². The van der Waals surface area contributed by atoms with Crippen molar-refractivity contribution in [3.8, 4) is 0 Å². The lowest BCUT2D eigenvalue weighted by molar-refractivity contribution is 1.13. The van der Waals surface area contributed by atoms with Crippen molar-refractivity contribution in [2.75, 3.05) is 5.73 Å². The molecule has 0 atom stereocenters. The Morgan fingerprint density at radius 1 is 1.33 bits per heavy atom. The van der Waals surface area contributed by atoms with Gasteiger partial charge in [0, 0.05) is 0 Å². The minimum Gasteiger partial charge on any atom is -0.382 e. The van der Waals surface area contributed by atoms with E-state index in [0.717, 1.165) is 5.69 Å². The first-order valence-electron chi connectivity index (χ1n) is 2.33. The number of rotatable bonds is 0. The zero-order chi connectivity index (χ0) is 5.98. The summed E-state index contributed by atoms with van der Waals surface area (Å²) in [7, 11) is 0. The van der Waals surface area contributed by atoms with Crippen LogP contribution in [-0.4, -0.2) is 9.97 Å². The summed E-state index contributed by atoms with van der Waals surface area (Å²) < 4.78 is 0. The van der Waals surface area contributed by atoms with Gasteiger partial charge in [-0.2, -0.15) is 13.5 Å². The molecule has 0 aromatic carbocycles. The third-order valence-corrected chi connectivity index (χ3v) is 0.801. The molecule has 9 heavy (non-hydrogen) atoms. The third-order valence-electron chi connectivity index (χ3n) is 0.801. The summed E-state index contributed by atoms with van der Waals surface area (Å²) in [5.41, 5.74) is 6.14. The van der Waals surface area contributed by atoms with Crippen LogP contribution in [0.4, 0.5) is 5.82 Å². The average molecular weight is 143 g/mol. The molecular formula is C5H9N3S. The van der Waals surface area contributed by atoms with Crippen LogP contribution >= 0.6 is 13.5 Å². The summed E-state index contributed by atoms with van der Waals surface area (Å²) in [4.78, 5) is 7.69. The fourth-order valence-corrected chi connectivity index (χ4v) is 0.403. The second kappa shape index (κ2) is 3.29. The van der Waals surface area contributed by atoms with Gasteiger partial charge in [0.15, 0.2) is 0 Å². The van der Waals surface area contributed by atoms with E-state index in [1.807, 2.05) is 6.92 Å². The molecule has 1 aromatic rings. The molecule has 0 aliphatic rings. The number of nitrogens with two attached hydrogens (primary N) is 1. The number of nitrogen functional groups attached to an aromatic ring is 1. The lowest BCUT2D eigenvalue weighted by Gasteiger charge is -1.88. The van der Waals surface area contributed by atoms with Crippen LogP contribution in [0.3, 0.4) is 0 Å². The van der Waals surface area contributed by atoms with Crippen molar-refractivity contribution < 1.29 is 0 Å². The van der Waals surface area contributed by atoms with Crippen LogP contribution in [0, 0.1) is 6.92 Å². The molecule has 0 spiro atoms. The van der Waals surface area contributed by atoms with E-state index in [1.165, 1.54) is 6.20 Å². The Morgan fingerprint density at radius 3 is 2.33 bits per heavy atom. The number of hydrogen-bond donors (Lipinski definition) is 1. The van der Waals surface area contributed by atoms with Crippen LogP contribution in [0.25, 0.3) is 0 Å². The standard InChI is InChI=1S/C5H7N3.H2S/c1-4-2-8-5(6)3-7-4;/h2-3H,1H3,(H2,6,8);1H2. The van der Waals surface area contributed by atoms with Crippen LogP contribution in [0.15, 0.2) is 12.4 Å². The molecule has 50 valence electrons. The van der Waals surface area contributed by atoms with E-state index >= 15 is 0 Å². The number of aromatic nitrogens is 2. The molecule has 3 nitrogen and oxygen atoms in total. The normalized spacial score (nSPS) is 8.11. The first kappa shape index (κ1) is 8.23. The summed E-state index contributed by atoms with van der Waals surface area (Å²) in [6.45, 7) is 1.87. The number of nitrogens with zero attached hydrogens (tertiary/aromatic N) is 2. The highest BCUT2D eigenvalue weighted by molar-refractivity contribution is 7.59. The van der Waals surface area contributed by atoms with Crippen molar-refractivity contribution in [2.24, 2.45) is 0 Å². The molecule has 1 heterocycles. The smallest absolute Gasteiger partial charge is 0.141 e. The summed E-state index contributed by atoms with van der Waals surface area (Å²) >= 11 is 0. The Balaban J connectivity index is 0.000000640. The highest BCUT2D eigenvalue weighted by Crippen LogP contribution is 1.91. The van der Waals surface area contributed by atoms with Gasteiger partial charge in [-0.1, -0.05) is 0 Å². The van der Waals surface area contributed by atoms with E-state index in [-0.39, 0.29) is 13.5 Å². The van der Waals surface area contributed by atoms with Crippen LogP contribution in [0.2, 0.25) is 0 Å². The fraction of sp³-hybridized carbons (Fsp3) is 0.200. The maximum absolute atomic E-state index is 5.25. The van der Waals surface area contributed by atoms with Gasteiger partial charge in [0.25, 0.3) is 0 Å². The molecule has 1 aromatic heterocycles. The second-order valence-electron chi connectivity index (χ2n) is 1.58. The molecule has 0 aliphatic carbocycles. The summed E-state index contributed by atoms with van der Waals surface area (Å²) in [5, 5.41) is 0. The Morgan fingerprint density at radius 2 is 2.00 bits per heavy atom. The fourth-order valence-electron chi connectivity index (χ4n) is 0.403. The Labute approximate surface area is 60.8 Å². The number of anilines is 1. The number of aryl methyl sites for hydroxylation is 1. The summed E-state index contributed by atoms with van der Waals surface area (Å²) in [6.07, 6.45) is 3.17. The second-order valence-corrected chi connectivity index (χ2v) is 1.58. The molecule has 0 amide bonds. The first-order chi connectivity index (χ1) is 3.79. The quantitative estimate of drug-likeness (QED) is 0.574. The van der Waals surface area contributed by atoms with Gasteiger partial charge in [0.1, 0.15) is 5.82 Å². The van der Waals surface area contributed by atoms with E-state index in [4.69, 9.17) is 5.73 Å². The van der Waals surface area contributed by atoms with Crippen LogP contribution in [0.1, 0.15) is 5.69 Å². The van der Waals surface area contributed by atoms with Crippen molar-refractivity contribution in [3.05, 3.63) is 18.1 Å². The maximum Gasteiger partial charge on any atom is 0.141 e. The van der Waals surface area contributed by atoms with Gasteiger partial charge < -0.3 is 5.73 Å². The van der Waals surface area contributed by atoms with Crippen LogP contribution in [0.5, 0.6) is 0 Å². The van der Waals surface area contributed by atoms with Gasteiger partial charge >= 0.3 is 0 Å². The van der Waals surface area contributed by atoms with Gasteiger partial charge in [-0.25, -0.2) is 4.98 Å². The topological polar surface area (TPSA) is 51.8 Å². The van der Waals surface area contributed by atoms with Crippen molar-refractivity contribution in [2.45, 2.75) is 6.92 Å². The largest absolute Gasteiger partial charge is 0.382 e. The molecule has 0 saturated heterocycles. The zero-order valence-corrected chi connectivity index (χ0v) is 6.13. The summed E-state index contributed by atoms with van der Waals surface area (Å²) in [6, 6.07) is 0. The molecule has 4 heteroatoms.